The summed E-state index contributed by atoms with van der Waals surface area (Å²) in [5, 5.41) is 0. The van der Waals surface area contributed by atoms with Crippen LogP contribution in [-0.4, -0.2) is 6.04 Å². The number of hydrogen-bond acceptors (Lipinski definition) is 1. The summed E-state index contributed by atoms with van der Waals surface area (Å²) in [5.74, 6) is 0.888. The largest absolute Gasteiger partial charge is 0.328 e. The number of hydrogen-bond donors (Lipinski definition) is 1. The van der Waals surface area contributed by atoms with Crippen LogP contribution in [0.3, 0.4) is 0 Å². The van der Waals surface area contributed by atoms with Crippen molar-refractivity contribution < 1.29 is 21.1 Å². The first-order valence-electron chi connectivity index (χ1n) is 3.54. The molecule has 0 aromatic carbocycles. The summed E-state index contributed by atoms with van der Waals surface area (Å²) in [6.45, 7) is 2.29. The molecule has 58 valence electrons. The minimum atomic E-state index is 0. The van der Waals surface area contributed by atoms with E-state index in [9.17, 15) is 0 Å². The van der Waals surface area contributed by atoms with Crippen LogP contribution in [0.5, 0.6) is 0 Å². The molecule has 1 nitrogen and oxygen atoms in total. The molecule has 0 heterocycles. The molecule has 1 aliphatic rings. The zero-order valence-electron chi connectivity index (χ0n) is 5.88. The average Bonchev–Trinajstić information content (AvgIpc) is 1.64. The molecule has 1 rings (SSSR count). The van der Waals surface area contributed by atoms with Gasteiger partial charge in [0.2, 0.25) is 0 Å². The van der Waals surface area contributed by atoms with E-state index < -0.39 is 0 Å². The van der Waals surface area contributed by atoms with Crippen molar-refractivity contribution in [1.82, 2.24) is 0 Å². The van der Waals surface area contributed by atoms with Crippen LogP contribution in [0.2, 0.25) is 0 Å². The van der Waals surface area contributed by atoms with Gasteiger partial charge in [-0.2, -0.15) is 0 Å². The molecule has 0 bridgehead atoms. The Labute approximate surface area is 71.7 Å². The third-order valence-electron chi connectivity index (χ3n) is 1.98. The van der Waals surface area contributed by atoms with Gasteiger partial charge in [-0.25, -0.2) is 0 Å². The predicted octanol–water partition coefficient (Wildman–Crippen LogP) is 1.52. The first kappa shape index (κ1) is 9.65. The Morgan fingerprint density at radius 1 is 1.33 bits per heavy atom. The third-order valence-corrected chi connectivity index (χ3v) is 1.98. The summed E-state index contributed by atoms with van der Waals surface area (Å²) in [7, 11) is 0. The minimum Gasteiger partial charge on any atom is -0.328 e. The molecule has 1 aliphatic carbocycles. The van der Waals surface area contributed by atoms with Crippen molar-refractivity contribution in [3.05, 3.63) is 0 Å². The Balaban J connectivity index is 0.000000640. The van der Waals surface area contributed by atoms with E-state index in [-0.39, 0.29) is 21.1 Å². The van der Waals surface area contributed by atoms with Crippen LogP contribution in [0.25, 0.3) is 0 Å². The molecule has 0 spiro atoms. The van der Waals surface area contributed by atoms with Crippen LogP contribution in [0.1, 0.15) is 32.6 Å². The Morgan fingerprint density at radius 2 is 2.00 bits per heavy atom. The van der Waals surface area contributed by atoms with Gasteiger partial charge < -0.3 is 5.73 Å². The Kier molecular flexibility index (Phi) is 4.78. The molecule has 0 saturated heterocycles. The van der Waals surface area contributed by atoms with Gasteiger partial charge in [0, 0.05) is 27.1 Å². The second kappa shape index (κ2) is 4.46. The zero-order valence-corrected chi connectivity index (χ0v) is 8.15. The van der Waals surface area contributed by atoms with E-state index in [0.717, 1.165) is 5.92 Å². The van der Waals surface area contributed by atoms with Crippen LogP contribution in [0.4, 0.5) is 0 Å². The van der Waals surface area contributed by atoms with Crippen molar-refractivity contribution >= 4 is 0 Å². The summed E-state index contributed by atoms with van der Waals surface area (Å²) in [5.41, 5.74) is 5.73. The molecule has 2 unspecified atom stereocenters. The van der Waals surface area contributed by atoms with Gasteiger partial charge in [-0.05, 0) is 18.8 Å². The molecule has 1 saturated carbocycles. The maximum atomic E-state index is 5.73. The normalized spacial score (nSPS) is 35.3. The molecule has 2 atom stereocenters. The molecule has 0 aromatic heterocycles. The second-order valence-electron chi connectivity index (χ2n) is 3.03. The van der Waals surface area contributed by atoms with Crippen LogP contribution >= 0.6 is 0 Å². The molecule has 0 aromatic rings. The topological polar surface area (TPSA) is 26.0 Å². The standard InChI is InChI=1S/C7H15N.Pt/c1-6-3-2-4-7(8)5-6;/h6-7H,2-5,8H2,1H3;. The van der Waals surface area contributed by atoms with Gasteiger partial charge in [-0.3, -0.25) is 0 Å². The van der Waals surface area contributed by atoms with E-state index in [4.69, 9.17) is 5.73 Å². The fourth-order valence-electron chi connectivity index (χ4n) is 1.48. The first-order chi connectivity index (χ1) is 3.79. The molecule has 0 radical (unpaired) electrons. The van der Waals surface area contributed by atoms with Crippen LogP contribution < -0.4 is 5.73 Å². The van der Waals surface area contributed by atoms with Crippen molar-refractivity contribution in [2.75, 3.05) is 0 Å². The zero-order chi connectivity index (χ0) is 5.98. The number of nitrogens with two attached hydrogens (primary N) is 1. The summed E-state index contributed by atoms with van der Waals surface area (Å²) in [6, 6.07) is 0.513. The van der Waals surface area contributed by atoms with Crippen molar-refractivity contribution in [2.45, 2.75) is 38.6 Å². The number of rotatable bonds is 0. The van der Waals surface area contributed by atoms with Crippen molar-refractivity contribution in [1.29, 1.82) is 0 Å². The fraction of sp³-hybridized carbons (Fsp3) is 1.00. The Morgan fingerprint density at radius 3 is 2.33 bits per heavy atom. The van der Waals surface area contributed by atoms with Crippen LogP contribution in [0.15, 0.2) is 0 Å². The van der Waals surface area contributed by atoms with Crippen LogP contribution in [-0.2, 0) is 21.1 Å². The summed E-state index contributed by atoms with van der Waals surface area (Å²) < 4.78 is 0. The SMILES string of the molecule is CC1CCCC(N)C1.[Pt]. The summed E-state index contributed by atoms with van der Waals surface area (Å²) >= 11 is 0. The van der Waals surface area contributed by atoms with Crippen molar-refractivity contribution in [2.24, 2.45) is 11.7 Å². The van der Waals surface area contributed by atoms with Gasteiger partial charge in [0.15, 0.2) is 0 Å². The van der Waals surface area contributed by atoms with Gasteiger partial charge in [-0.1, -0.05) is 19.8 Å². The molecular formula is C7H15NPt. The molecular weight excluding hydrogens is 293 g/mol. The van der Waals surface area contributed by atoms with Gasteiger partial charge in [0.05, 0.1) is 0 Å². The van der Waals surface area contributed by atoms with E-state index in [0.29, 0.717) is 6.04 Å². The van der Waals surface area contributed by atoms with E-state index in [1.54, 1.807) is 0 Å². The van der Waals surface area contributed by atoms with Crippen LogP contribution in [0, 0.1) is 5.92 Å². The fourth-order valence-corrected chi connectivity index (χ4v) is 1.48. The molecule has 0 aliphatic heterocycles. The van der Waals surface area contributed by atoms with E-state index >= 15 is 0 Å². The van der Waals surface area contributed by atoms with Gasteiger partial charge >= 0.3 is 0 Å². The molecule has 9 heavy (non-hydrogen) atoms. The monoisotopic (exact) mass is 308 g/mol. The third kappa shape index (κ3) is 3.37. The molecule has 1 fully saturated rings. The molecule has 2 heteroatoms. The first-order valence-corrected chi connectivity index (χ1v) is 3.54. The van der Waals surface area contributed by atoms with Gasteiger partial charge in [0.25, 0.3) is 0 Å². The molecule has 2 N–H and O–H groups in total. The quantitative estimate of drug-likeness (QED) is 0.721. The van der Waals surface area contributed by atoms with Crippen molar-refractivity contribution in [3.8, 4) is 0 Å². The van der Waals surface area contributed by atoms with E-state index in [1.807, 2.05) is 0 Å². The predicted molar refractivity (Wildman–Crippen MR) is 35.6 cm³/mol. The smallest absolute Gasteiger partial charge is 0.00413 e. The summed E-state index contributed by atoms with van der Waals surface area (Å²) in [6.07, 6.45) is 5.25. The Bertz CT molecular complexity index is 67.3. The average molecular weight is 308 g/mol. The maximum absolute atomic E-state index is 5.73. The van der Waals surface area contributed by atoms with Gasteiger partial charge in [-0.15, -0.1) is 0 Å². The second-order valence-corrected chi connectivity index (χ2v) is 3.03. The van der Waals surface area contributed by atoms with E-state index in [2.05, 4.69) is 6.92 Å². The van der Waals surface area contributed by atoms with E-state index in [1.165, 1.54) is 25.7 Å². The summed E-state index contributed by atoms with van der Waals surface area (Å²) in [4.78, 5) is 0. The minimum absolute atomic E-state index is 0. The maximum Gasteiger partial charge on any atom is 0.00413 e. The molecule has 0 amide bonds. The van der Waals surface area contributed by atoms with Gasteiger partial charge in [0.1, 0.15) is 0 Å². The van der Waals surface area contributed by atoms with Crippen molar-refractivity contribution in [3.63, 3.8) is 0 Å². The Hall–Kier alpha value is 0.648.